The second-order valence-electron chi connectivity index (χ2n) is 4.63. The third kappa shape index (κ3) is 2.38. The number of hydrogen-bond donors (Lipinski definition) is 0. The summed E-state index contributed by atoms with van der Waals surface area (Å²) >= 11 is 0. The summed E-state index contributed by atoms with van der Waals surface area (Å²) in [5, 5.41) is 10.7. The number of rotatable bonds is 2. The van der Waals surface area contributed by atoms with Crippen molar-refractivity contribution in [3.05, 3.63) is 27.9 Å². The van der Waals surface area contributed by atoms with Crippen LogP contribution in [-0.4, -0.2) is 22.5 Å². The number of nitrogens with zero attached hydrogens (tertiary/aromatic N) is 3. The second-order valence-corrected chi connectivity index (χ2v) is 4.63. The molecule has 1 aromatic rings. The number of piperidine rings is 1. The van der Waals surface area contributed by atoms with Crippen molar-refractivity contribution in [1.29, 1.82) is 0 Å². The van der Waals surface area contributed by atoms with Crippen LogP contribution in [0, 0.1) is 17.0 Å². The van der Waals surface area contributed by atoms with Gasteiger partial charge in [-0.1, -0.05) is 0 Å². The van der Waals surface area contributed by atoms with Crippen LogP contribution in [0.5, 0.6) is 0 Å². The zero-order valence-electron chi connectivity index (χ0n) is 10.2. The van der Waals surface area contributed by atoms with Gasteiger partial charge in [0, 0.05) is 18.7 Å². The number of aromatic nitrogens is 1. The lowest BCUT2D eigenvalue weighted by molar-refractivity contribution is -0.385. The van der Waals surface area contributed by atoms with Crippen molar-refractivity contribution < 1.29 is 4.92 Å². The van der Waals surface area contributed by atoms with Crippen LogP contribution in [0.2, 0.25) is 0 Å². The van der Waals surface area contributed by atoms with Crippen molar-refractivity contribution in [3.63, 3.8) is 0 Å². The molecule has 1 saturated heterocycles. The van der Waals surface area contributed by atoms with Crippen molar-refractivity contribution in [2.45, 2.75) is 39.2 Å². The van der Waals surface area contributed by atoms with Gasteiger partial charge in [-0.05, 0) is 38.7 Å². The van der Waals surface area contributed by atoms with E-state index in [1.54, 1.807) is 6.07 Å². The van der Waals surface area contributed by atoms with E-state index in [0.717, 1.165) is 24.3 Å². The maximum absolute atomic E-state index is 10.7. The monoisotopic (exact) mass is 235 g/mol. The molecular formula is C12H17N3O2. The molecule has 5 heteroatoms. The molecule has 1 aliphatic rings. The van der Waals surface area contributed by atoms with Gasteiger partial charge in [0.05, 0.1) is 4.92 Å². The lowest BCUT2D eigenvalue weighted by Crippen LogP contribution is -2.38. The molecule has 1 fully saturated rings. The zero-order chi connectivity index (χ0) is 12.4. The number of hydrogen-bond acceptors (Lipinski definition) is 4. The van der Waals surface area contributed by atoms with Gasteiger partial charge in [0.2, 0.25) is 0 Å². The van der Waals surface area contributed by atoms with Gasteiger partial charge < -0.3 is 4.90 Å². The van der Waals surface area contributed by atoms with Crippen LogP contribution in [0.3, 0.4) is 0 Å². The molecule has 1 atom stereocenters. The predicted octanol–water partition coefficient (Wildman–Crippen LogP) is 2.68. The average Bonchev–Trinajstić information content (AvgIpc) is 2.30. The van der Waals surface area contributed by atoms with Gasteiger partial charge in [-0.25, -0.2) is 4.98 Å². The molecule has 2 heterocycles. The number of nitro groups is 1. The third-order valence-electron chi connectivity index (χ3n) is 3.32. The summed E-state index contributed by atoms with van der Waals surface area (Å²) in [6.45, 7) is 5.06. The standard InChI is InChI=1S/C12H17N3O2/c1-9-7-11(15(16)17)8-13-12(9)14-6-4-3-5-10(14)2/h7-8,10H,3-6H2,1-2H3/t10-/m0/s1. The predicted molar refractivity (Wildman–Crippen MR) is 66.3 cm³/mol. The Morgan fingerprint density at radius 2 is 2.29 bits per heavy atom. The molecule has 0 bridgehead atoms. The van der Waals surface area contributed by atoms with E-state index in [0.29, 0.717) is 6.04 Å². The van der Waals surface area contributed by atoms with Crippen molar-refractivity contribution in [3.8, 4) is 0 Å². The largest absolute Gasteiger partial charge is 0.354 e. The van der Waals surface area contributed by atoms with E-state index in [-0.39, 0.29) is 5.69 Å². The smallest absolute Gasteiger partial charge is 0.287 e. The van der Waals surface area contributed by atoms with Crippen LogP contribution >= 0.6 is 0 Å². The highest BCUT2D eigenvalue weighted by Gasteiger charge is 2.22. The molecule has 0 N–H and O–H groups in total. The first kappa shape index (κ1) is 11.8. The summed E-state index contributed by atoms with van der Waals surface area (Å²) in [6.07, 6.45) is 4.94. The van der Waals surface area contributed by atoms with E-state index in [1.807, 2.05) is 6.92 Å². The van der Waals surface area contributed by atoms with E-state index in [1.165, 1.54) is 19.0 Å². The minimum Gasteiger partial charge on any atom is -0.354 e. The van der Waals surface area contributed by atoms with Gasteiger partial charge in [0.25, 0.3) is 5.69 Å². The average molecular weight is 235 g/mol. The Hall–Kier alpha value is -1.65. The Morgan fingerprint density at radius 3 is 2.88 bits per heavy atom. The van der Waals surface area contributed by atoms with Crippen LogP contribution in [0.1, 0.15) is 31.7 Å². The number of aryl methyl sites for hydroxylation is 1. The Bertz CT molecular complexity index is 434. The highest BCUT2D eigenvalue weighted by molar-refractivity contribution is 5.51. The van der Waals surface area contributed by atoms with Gasteiger partial charge in [-0.15, -0.1) is 0 Å². The van der Waals surface area contributed by atoms with Crippen molar-refractivity contribution in [2.75, 3.05) is 11.4 Å². The summed E-state index contributed by atoms with van der Waals surface area (Å²) in [4.78, 5) is 16.8. The summed E-state index contributed by atoms with van der Waals surface area (Å²) in [5.41, 5.74) is 0.948. The van der Waals surface area contributed by atoms with Crippen LogP contribution in [-0.2, 0) is 0 Å². The summed E-state index contributed by atoms with van der Waals surface area (Å²) in [5.74, 6) is 0.891. The van der Waals surface area contributed by atoms with Gasteiger partial charge in [0.15, 0.2) is 0 Å². The maximum atomic E-state index is 10.7. The van der Waals surface area contributed by atoms with Crippen molar-refractivity contribution >= 4 is 11.5 Å². The lowest BCUT2D eigenvalue weighted by Gasteiger charge is -2.35. The van der Waals surface area contributed by atoms with Crippen molar-refractivity contribution in [2.24, 2.45) is 0 Å². The maximum Gasteiger partial charge on any atom is 0.287 e. The fourth-order valence-electron chi connectivity index (χ4n) is 2.37. The molecule has 0 aliphatic carbocycles. The quantitative estimate of drug-likeness (QED) is 0.584. The minimum absolute atomic E-state index is 0.0657. The van der Waals surface area contributed by atoms with Gasteiger partial charge in [-0.2, -0.15) is 0 Å². The number of anilines is 1. The van der Waals surface area contributed by atoms with Gasteiger partial charge >= 0.3 is 0 Å². The second kappa shape index (κ2) is 4.69. The molecule has 0 unspecified atom stereocenters. The minimum atomic E-state index is -0.399. The third-order valence-corrected chi connectivity index (χ3v) is 3.32. The molecule has 92 valence electrons. The Labute approximate surface area is 101 Å². The van der Waals surface area contributed by atoms with E-state index >= 15 is 0 Å². The molecule has 1 aromatic heterocycles. The summed E-state index contributed by atoms with van der Waals surface area (Å²) in [7, 11) is 0. The fraction of sp³-hybridized carbons (Fsp3) is 0.583. The molecule has 1 aliphatic heterocycles. The van der Waals surface area contributed by atoms with Gasteiger partial charge in [-0.3, -0.25) is 10.1 Å². The normalized spacial score (nSPS) is 20.4. The molecular weight excluding hydrogens is 218 g/mol. The summed E-state index contributed by atoms with van der Waals surface area (Å²) < 4.78 is 0. The van der Waals surface area contributed by atoms with Crippen LogP contribution in [0.15, 0.2) is 12.3 Å². The molecule has 17 heavy (non-hydrogen) atoms. The summed E-state index contributed by atoms with van der Waals surface area (Å²) in [6, 6.07) is 2.07. The number of pyridine rings is 1. The first-order chi connectivity index (χ1) is 8.09. The zero-order valence-corrected chi connectivity index (χ0v) is 10.2. The molecule has 0 saturated carbocycles. The molecule has 0 aromatic carbocycles. The molecule has 0 radical (unpaired) electrons. The SMILES string of the molecule is Cc1cc([N+](=O)[O-])cnc1N1CCCC[C@@H]1C. The van der Waals surface area contributed by atoms with E-state index in [9.17, 15) is 10.1 Å². The van der Waals surface area contributed by atoms with E-state index in [2.05, 4.69) is 16.8 Å². The fourth-order valence-corrected chi connectivity index (χ4v) is 2.37. The Morgan fingerprint density at radius 1 is 1.53 bits per heavy atom. The van der Waals surface area contributed by atoms with E-state index in [4.69, 9.17) is 0 Å². The Kier molecular flexibility index (Phi) is 3.26. The Balaban J connectivity index is 2.29. The first-order valence-electron chi connectivity index (χ1n) is 5.97. The van der Waals surface area contributed by atoms with Crippen molar-refractivity contribution in [1.82, 2.24) is 4.98 Å². The van der Waals surface area contributed by atoms with Gasteiger partial charge in [0.1, 0.15) is 12.0 Å². The lowest BCUT2D eigenvalue weighted by atomic mass is 10.0. The highest BCUT2D eigenvalue weighted by Crippen LogP contribution is 2.27. The van der Waals surface area contributed by atoms with Crippen LogP contribution < -0.4 is 4.90 Å². The highest BCUT2D eigenvalue weighted by atomic mass is 16.6. The first-order valence-corrected chi connectivity index (χ1v) is 5.97. The molecule has 5 nitrogen and oxygen atoms in total. The molecule has 0 spiro atoms. The molecule has 2 rings (SSSR count). The topological polar surface area (TPSA) is 59.3 Å². The van der Waals surface area contributed by atoms with E-state index < -0.39 is 4.92 Å². The van der Waals surface area contributed by atoms with Crippen LogP contribution in [0.4, 0.5) is 11.5 Å². The molecule has 0 amide bonds. The van der Waals surface area contributed by atoms with Crippen LogP contribution in [0.25, 0.3) is 0 Å².